The van der Waals surface area contributed by atoms with Gasteiger partial charge in [-0.05, 0) is 42.9 Å². The summed E-state index contributed by atoms with van der Waals surface area (Å²) in [5, 5.41) is 4.20. The van der Waals surface area contributed by atoms with E-state index in [1.54, 1.807) is 0 Å². The maximum absolute atomic E-state index is 11.6. The Balaban J connectivity index is 0.00000225. The van der Waals surface area contributed by atoms with Crippen LogP contribution in [-0.4, -0.2) is 50.4 Å². The summed E-state index contributed by atoms with van der Waals surface area (Å²) in [5.74, 6) is 1.58. The highest BCUT2D eigenvalue weighted by atomic mass is 127. The standard InChI is InChI=1S/C17H24ClN3O2S.HI/c1-21(11-13-2-4-15(18)5-3-13)17(20-16-6-7-16)19-10-14-8-9-24(22,23)12-14;/h2-5,14,16H,6-12H2,1H3,(H,19,20);1H. The van der Waals surface area contributed by atoms with Gasteiger partial charge in [-0.1, -0.05) is 23.7 Å². The Morgan fingerprint density at radius 3 is 2.52 bits per heavy atom. The van der Waals surface area contributed by atoms with E-state index in [9.17, 15) is 8.42 Å². The zero-order valence-electron chi connectivity index (χ0n) is 14.3. The van der Waals surface area contributed by atoms with Gasteiger partial charge in [0, 0.05) is 31.2 Å². The molecule has 1 saturated carbocycles. The van der Waals surface area contributed by atoms with Crippen molar-refractivity contribution >= 4 is 51.4 Å². The van der Waals surface area contributed by atoms with E-state index < -0.39 is 9.84 Å². The number of hydrogen-bond acceptors (Lipinski definition) is 3. The fourth-order valence-corrected chi connectivity index (χ4v) is 4.83. The lowest BCUT2D eigenvalue weighted by Crippen LogP contribution is -2.40. The van der Waals surface area contributed by atoms with Crippen molar-refractivity contribution in [1.29, 1.82) is 0 Å². The van der Waals surface area contributed by atoms with Crippen molar-refractivity contribution in [3.05, 3.63) is 34.9 Å². The Labute approximate surface area is 172 Å². The van der Waals surface area contributed by atoms with Crippen LogP contribution >= 0.6 is 35.6 Å². The van der Waals surface area contributed by atoms with Gasteiger partial charge in [0.25, 0.3) is 0 Å². The van der Waals surface area contributed by atoms with E-state index in [0.29, 0.717) is 18.3 Å². The van der Waals surface area contributed by atoms with Gasteiger partial charge in [-0.15, -0.1) is 24.0 Å². The van der Waals surface area contributed by atoms with Crippen LogP contribution in [0.4, 0.5) is 0 Å². The van der Waals surface area contributed by atoms with Crippen LogP contribution in [0.15, 0.2) is 29.3 Å². The molecule has 2 fully saturated rings. The molecule has 1 saturated heterocycles. The summed E-state index contributed by atoms with van der Waals surface area (Å²) in [6, 6.07) is 8.30. The Kier molecular flexibility index (Phi) is 7.40. The van der Waals surface area contributed by atoms with Gasteiger partial charge < -0.3 is 10.2 Å². The normalized spacial score (nSPS) is 22.3. The fraction of sp³-hybridized carbons (Fsp3) is 0.588. The second-order valence-corrected chi connectivity index (χ2v) is 9.50. The lowest BCUT2D eigenvalue weighted by molar-refractivity contribution is 0.470. The molecule has 5 nitrogen and oxygen atoms in total. The quantitative estimate of drug-likeness (QED) is 0.386. The van der Waals surface area contributed by atoms with E-state index in [0.717, 1.165) is 29.5 Å². The van der Waals surface area contributed by atoms with Crippen LogP contribution < -0.4 is 5.32 Å². The van der Waals surface area contributed by atoms with Crippen molar-refractivity contribution < 1.29 is 8.42 Å². The van der Waals surface area contributed by atoms with Gasteiger partial charge in [0.2, 0.25) is 0 Å². The van der Waals surface area contributed by atoms with E-state index in [4.69, 9.17) is 16.6 Å². The first-order valence-corrected chi connectivity index (χ1v) is 10.6. The third-order valence-corrected chi connectivity index (χ3v) is 6.52. The maximum atomic E-state index is 11.6. The summed E-state index contributed by atoms with van der Waals surface area (Å²) in [7, 11) is -0.835. The third-order valence-electron chi connectivity index (χ3n) is 4.43. The fourth-order valence-electron chi connectivity index (χ4n) is 2.86. The molecule has 1 atom stereocenters. The molecule has 0 aromatic heterocycles. The van der Waals surface area contributed by atoms with Gasteiger partial charge in [0.05, 0.1) is 11.5 Å². The van der Waals surface area contributed by atoms with Gasteiger partial charge in [-0.25, -0.2) is 8.42 Å². The van der Waals surface area contributed by atoms with Gasteiger partial charge in [0.1, 0.15) is 0 Å². The number of hydrogen-bond donors (Lipinski definition) is 1. The molecule has 0 amide bonds. The van der Waals surface area contributed by atoms with Gasteiger partial charge >= 0.3 is 0 Å². The van der Waals surface area contributed by atoms with E-state index in [-0.39, 0.29) is 35.6 Å². The molecular formula is C17H25ClIN3O2S. The maximum Gasteiger partial charge on any atom is 0.194 e. The molecule has 1 aliphatic heterocycles. The number of guanidine groups is 1. The monoisotopic (exact) mass is 497 g/mol. The molecule has 0 spiro atoms. The first kappa shape index (κ1) is 20.8. The highest BCUT2D eigenvalue weighted by molar-refractivity contribution is 14.0. The summed E-state index contributed by atoms with van der Waals surface area (Å²) in [6.07, 6.45) is 3.07. The number of halogens is 2. The van der Waals surface area contributed by atoms with Crippen LogP contribution in [0.1, 0.15) is 24.8 Å². The molecule has 1 unspecified atom stereocenters. The average molecular weight is 498 g/mol. The lowest BCUT2D eigenvalue weighted by Gasteiger charge is -2.23. The molecule has 25 heavy (non-hydrogen) atoms. The Hall–Kier alpha value is -0.540. The van der Waals surface area contributed by atoms with E-state index in [2.05, 4.69) is 10.2 Å². The number of nitrogens with one attached hydrogen (secondary N) is 1. The number of sulfone groups is 1. The number of benzene rings is 1. The van der Waals surface area contributed by atoms with Crippen LogP contribution in [-0.2, 0) is 16.4 Å². The predicted octanol–water partition coefficient (Wildman–Crippen LogP) is 2.93. The second-order valence-electron chi connectivity index (χ2n) is 6.83. The molecule has 0 radical (unpaired) electrons. The summed E-state index contributed by atoms with van der Waals surface area (Å²) in [5.41, 5.74) is 1.16. The smallest absolute Gasteiger partial charge is 0.194 e. The molecule has 140 valence electrons. The van der Waals surface area contributed by atoms with Crippen molar-refractivity contribution in [1.82, 2.24) is 10.2 Å². The largest absolute Gasteiger partial charge is 0.354 e. The molecule has 1 heterocycles. The molecule has 0 bridgehead atoms. The second kappa shape index (κ2) is 8.90. The number of nitrogens with zero attached hydrogens (tertiary/aromatic N) is 2. The predicted molar refractivity (Wildman–Crippen MR) is 114 cm³/mol. The Morgan fingerprint density at radius 1 is 1.28 bits per heavy atom. The van der Waals surface area contributed by atoms with Crippen molar-refractivity contribution in [2.45, 2.75) is 31.8 Å². The topological polar surface area (TPSA) is 61.8 Å². The molecule has 1 N–H and O–H groups in total. The summed E-state index contributed by atoms with van der Waals surface area (Å²) >= 11 is 5.93. The highest BCUT2D eigenvalue weighted by Gasteiger charge is 2.28. The Morgan fingerprint density at radius 2 is 1.96 bits per heavy atom. The van der Waals surface area contributed by atoms with Crippen LogP contribution in [0.5, 0.6) is 0 Å². The minimum Gasteiger partial charge on any atom is -0.354 e. The zero-order valence-corrected chi connectivity index (χ0v) is 18.2. The van der Waals surface area contributed by atoms with Crippen LogP contribution in [0, 0.1) is 5.92 Å². The Bertz CT molecular complexity index is 705. The average Bonchev–Trinajstić information content (AvgIpc) is 3.28. The van der Waals surface area contributed by atoms with Crippen LogP contribution in [0.25, 0.3) is 0 Å². The first-order valence-electron chi connectivity index (χ1n) is 8.38. The lowest BCUT2D eigenvalue weighted by atomic mass is 10.1. The first-order chi connectivity index (χ1) is 11.4. The van der Waals surface area contributed by atoms with Gasteiger partial charge in [-0.3, -0.25) is 4.99 Å². The van der Waals surface area contributed by atoms with E-state index in [1.807, 2.05) is 31.3 Å². The van der Waals surface area contributed by atoms with Crippen molar-refractivity contribution in [2.24, 2.45) is 10.9 Å². The summed E-state index contributed by atoms with van der Waals surface area (Å²) in [6.45, 7) is 1.30. The third kappa shape index (κ3) is 6.60. The SMILES string of the molecule is CN(Cc1ccc(Cl)cc1)C(=NCC1CCS(=O)(=O)C1)NC1CC1.I. The minimum absolute atomic E-state index is 0. The van der Waals surface area contributed by atoms with Crippen molar-refractivity contribution in [3.8, 4) is 0 Å². The molecule has 1 aliphatic carbocycles. The summed E-state index contributed by atoms with van der Waals surface area (Å²) in [4.78, 5) is 6.79. The molecule has 2 aliphatic rings. The highest BCUT2D eigenvalue weighted by Crippen LogP contribution is 2.21. The summed E-state index contributed by atoms with van der Waals surface area (Å²) < 4.78 is 23.2. The number of aliphatic imine (C=N–C) groups is 1. The van der Waals surface area contributed by atoms with Gasteiger partial charge in [-0.2, -0.15) is 0 Å². The number of rotatable bonds is 5. The molecule has 1 aromatic carbocycles. The van der Waals surface area contributed by atoms with E-state index in [1.165, 1.54) is 12.8 Å². The molecular weight excluding hydrogens is 473 g/mol. The van der Waals surface area contributed by atoms with Crippen LogP contribution in [0.2, 0.25) is 5.02 Å². The van der Waals surface area contributed by atoms with Crippen LogP contribution in [0.3, 0.4) is 0 Å². The van der Waals surface area contributed by atoms with Gasteiger partial charge in [0.15, 0.2) is 15.8 Å². The minimum atomic E-state index is -2.84. The molecule has 8 heteroatoms. The van der Waals surface area contributed by atoms with E-state index >= 15 is 0 Å². The molecule has 1 aromatic rings. The zero-order chi connectivity index (χ0) is 17.2. The molecule has 3 rings (SSSR count). The van der Waals surface area contributed by atoms with Crippen molar-refractivity contribution in [3.63, 3.8) is 0 Å². The van der Waals surface area contributed by atoms with Crippen molar-refractivity contribution in [2.75, 3.05) is 25.1 Å².